The van der Waals surface area contributed by atoms with Gasteiger partial charge in [0.05, 0.1) is 13.7 Å². The molecule has 0 atom stereocenters. The van der Waals surface area contributed by atoms with Gasteiger partial charge in [0, 0.05) is 28.2 Å². The van der Waals surface area contributed by atoms with Crippen molar-refractivity contribution in [1.29, 1.82) is 0 Å². The molecule has 0 saturated heterocycles. The fourth-order valence-electron chi connectivity index (χ4n) is 2.08. The Morgan fingerprint density at radius 2 is 2.00 bits per heavy atom. The molecule has 0 aliphatic carbocycles. The Bertz CT molecular complexity index is 621. The number of carbonyl (C=O) groups excluding carboxylic acids is 2. The summed E-state index contributed by atoms with van der Waals surface area (Å²) in [6, 6.07) is 5.56. The summed E-state index contributed by atoms with van der Waals surface area (Å²) in [5.41, 5.74) is 0.467. The van der Waals surface area contributed by atoms with E-state index in [0.717, 1.165) is 10.0 Å². The summed E-state index contributed by atoms with van der Waals surface area (Å²) >= 11 is 3.40. The highest BCUT2D eigenvalue weighted by Crippen LogP contribution is 2.24. The van der Waals surface area contributed by atoms with Crippen molar-refractivity contribution in [2.75, 3.05) is 20.2 Å². The molecule has 5 nitrogen and oxygen atoms in total. The van der Waals surface area contributed by atoms with Crippen molar-refractivity contribution in [1.82, 2.24) is 10.2 Å². The summed E-state index contributed by atoms with van der Waals surface area (Å²) in [7, 11) is 1.58. The standard InChI is InChI=1S/C18H25BrN2O3/c1-6-21(12-16(22)20-18(2,3)4)17(23)10-7-13-11-14(19)8-9-15(13)24-5/h7-11H,6,12H2,1-5H3,(H,20,22). The summed E-state index contributed by atoms with van der Waals surface area (Å²) in [5.74, 6) is 0.283. The molecule has 0 saturated carbocycles. The van der Waals surface area contributed by atoms with Crippen molar-refractivity contribution in [3.8, 4) is 5.75 Å². The van der Waals surface area contributed by atoms with E-state index >= 15 is 0 Å². The Labute approximate surface area is 152 Å². The van der Waals surface area contributed by atoms with E-state index in [1.165, 1.54) is 11.0 Å². The first-order valence-electron chi connectivity index (χ1n) is 7.78. The highest BCUT2D eigenvalue weighted by atomic mass is 79.9. The summed E-state index contributed by atoms with van der Waals surface area (Å²) in [4.78, 5) is 25.8. The van der Waals surface area contributed by atoms with Gasteiger partial charge in [0.2, 0.25) is 11.8 Å². The van der Waals surface area contributed by atoms with Crippen LogP contribution in [0.3, 0.4) is 0 Å². The minimum Gasteiger partial charge on any atom is -0.496 e. The molecule has 6 heteroatoms. The average molecular weight is 397 g/mol. The maximum Gasteiger partial charge on any atom is 0.247 e. The van der Waals surface area contributed by atoms with E-state index < -0.39 is 0 Å². The number of amides is 2. The molecule has 132 valence electrons. The number of ether oxygens (including phenoxy) is 1. The number of methoxy groups -OCH3 is 1. The second kappa shape index (κ2) is 8.87. The van der Waals surface area contributed by atoms with Gasteiger partial charge < -0.3 is 15.0 Å². The van der Waals surface area contributed by atoms with Gasteiger partial charge in [-0.1, -0.05) is 15.9 Å². The molecule has 0 radical (unpaired) electrons. The Morgan fingerprint density at radius 3 is 2.54 bits per heavy atom. The first kappa shape index (κ1) is 20.2. The largest absolute Gasteiger partial charge is 0.496 e. The fourth-order valence-corrected chi connectivity index (χ4v) is 2.46. The van der Waals surface area contributed by atoms with Crippen LogP contribution in [0.5, 0.6) is 5.75 Å². The number of rotatable bonds is 6. The molecule has 0 heterocycles. The van der Waals surface area contributed by atoms with Gasteiger partial charge in [-0.2, -0.15) is 0 Å². The number of nitrogens with one attached hydrogen (secondary N) is 1. The van der Waals surface area contributed by atoms with Crippen LogP contribution in [0.2, 0.25) is 0 Å². The zero-order valence-corrected chi connectivity index (χ0v) is 16.4. The maximum atomic E-state index is 12.3. The van der Waals surface area contributed by atoms with Crippen molar-refractivity contribution in [3.63, 3.8) is 0 Å². The summed E-state index contributed by atoms with van der Waals surface area (Å²) < 4.78 is 6.17. The summed E-state index contributed by atoms with van der Waals surface area (Å²) in [6.07, 6.45) is 3.15. The number of halogens is 1. The predicted molar refractivity (Wildman–Crippen MR) is 99.9 cm³/mol. The van der Waals surface area contributed by atoms with Gasteiger partial charge in [0.25, 0.3) is 0 Å². The van der Waals surface area contributed by atoms with Crippen molar-refractivity contribution in [3.05, 3.63) is 34.3 Å². The number of carbonyl (C=O) groups is 2. The number of likely N-dealkylation sites (N-methyl/N-ethyl adjacent to an activating group) is 1. The maximum absolute atomic E-state index is 12.3. The third-order valence-corrected chi connectivity index (χ3v) is 3.63. The van der Waals surface area contributed by atoms with Crippen LogP contribution in [0.15, 0.2) is 28.7 Å². The van der Waals surface area contributed by atoms with E-state index in [2.05, 4.69) is 21.2 Å². The van der Waals surface area contributed by atoms with E-state index in [1.54, 1.807) is 13.2 Å². The number of benzene rings is 1. The normalized spacial score (nSPS) is 11.4. The Hall–Kier alpha value is -1.82. The number of hydrogen-bond acceptors (Lipinski definition) is 3. The first-order valence-corrected chi connectivity index (χ1v) is 8.57. The molecule has 1 aromatic rings. The molecule has 1 rings (SSSR count). The molecule has 24 heavy (non-hydrogen) atoms. The lowest BCUT2D eigenvalue weighted by Crippen LogP contribution is -2.47. The van der Waals surface area contributed by atoms with E-state index in [1.807, 2.05) is 45.9 Å². The predicted octanol–water partition coefficient (Wildman–Crippen LogP) is 3.23. The minimum atomic E-state index is -0.320. The molecule has 0 aliphatic rings. The highest BCUT2D eigenvalue weighted by molar-refractivity contribution is 9.10. The van der Waals surface area contributed by atoms with E-state index in [0.29, 0.717) is 12.3 Å². The molecular formula is C18H25BrN2O3. The van der Waals surface area contributed by atoms with Crippen LogP contribution in [0.4, 0.5) is 0 Å². The molecular weight excluding hydrogens is 372 g/mol. The minimum absolute atomic E-state index is 0.0343. The first-order chi connectivity index (χ1) is 11.2. The Balaban J connectivity index is 2.80. The highest BCUT2D eigenvalue weighted by Gasteiger charge is 2.18. The van der Waals surface area contributed by atoms with Gasteiger partial charge in [-0.05, 0) is 52.0 Å². The van der Waals surface area contributed by atoms with Crippen LogP contribution in [-0.2, 0) is 9.59 Å². The molecule has 1 aromatic carbocycles. The van der Waals surface area contributed by atoms with Crippen LogP contribution in [0.1, 0.15) is 33.3 Å². The zero-order valence-electron chi connectivity index (χ0n) is 14.9. The quantitative estimate of drug-likeness (QED) is 0.750. The SMILES string of the molecule is CCN(CC(=O)NC(C)(C)C)C(=O)C=Cc1cc(Br)ccc1OC. The lowest BCUT2D eigenvalue weighted by atomic mass is 10.1. The monoisotopic (exact) mass is 396 g/mol. The third kappa shape index (κ3) is 6.74. The molecule has 0 aromatic heterocycles. The van der Waals surface area contributed by atoms with Crippen molar-refractivity contribution in [2.45, 2.75) is 33.2 Å². The summed E-state index contributed by atoms with van der Waals surface area (Å²) in [5, 5.41) is 2.86. The van der Waals surface area contributed by atoms with Crippen LogP contribution < -0.4 is 10.1 Å². The number of nitrogens with zero attached hydrogens (tertiary/aromatic N) is 1. The lowest BCUT2D eigenvalue weighted by Gasteiger charge is -2.24. The average Bonchev–Trinajstić information content (AvgIpc) is 2.48. The van der Waals surface area contributed by atoms with Crippen molar-refractivity contribution >= 4 is 33.8 Å². The smallest absolute Gasteiger partial charge is 0.247 e. The number of hydrogen-bond donors (Lipinski definition) is 1. The molecule has 1 N–H and O–H groups in total. The van der Waals surface area contributed by atoms with Crippen LogP contribution in [0.25, 0.3) is 6.08 Å². The van der Waals surface area contributed by atoms with E-state index in [-0.39, 0.29) is 23.9 Å². The fraction of sp³-hybridized carbons (Fsp3) is 0.444. The molecule has 2 amide bonds. The van der Waals surface area contributed by atoms with Crippen molar-refractivity contribution < 1.29 is 14.3 Å². The van der Waals surface area contributed by atoms with Gasteiger partial charge in [-0.15, -0.1) is 0 Å². The van der Waals surface area contributed by atoms with E-state index in [9.17, 15) is 9.59 Å². The third-order valence-electron chi connectivity index (χ3n) is 3.14. The molecule has 0 fully saturated rings. The van der Waals surface area contributed by atoms with Gasteiger partial charge >= 0.3 is 0 Å². The molecule has 0 spiro atoms. The molecule has 0 bridgehead atoms. The van der Waals surface area contributed by atoms with Crippen LogP contribution in [-0.4, -0.2) is 42.5 Å². The van der Waals surface area contributed by atoms with Gasteiger partial charge in [0.15, 0.2) is 0 Å². The summed E-state index contributed by atoms with van der Waals surface area (Å²) in [6.45, 7) is 8.05. The van der Waals surface area contributed by atoms with Crippen LogP contribution >= 0.6 is 15.9 Å². The van der Waals surface area contributed by atoms with Gasteiger partial charge in [-0.25, -0.2) is 0 Å². The van der Waals surface area contributed by atoms with Crippen LogP contribution in [0, 0.1) is 0 Å². The topological polar surface area (TPSA) is 58.6 Å². The lowest BCUT2D eigenvalue weighted by molar-refractivity contribution is -0.132. The van der Waals surface area contributed by atoms with Crippen molar-refractivity contribution in [2.24, 2.45) is 0 Å². The molecule has 0 unspecified atom stereocenters. The zero-order chi connectivity index (χ0) is 18.3. The second-order valence-electron chi connectivity index (χ2n) is 6.37. The van der Waals surface area contributed by atoms with Gasteiger partial charge in [0.1, 0.15) is 5.75 Å². The van der Waals surface area contributed by atoms with Gasteiger partial charge in [-0.3, -0.25) is 9.59 Å². The Kier molecular flexibility index (Phi) is 7.48. The Morgan fingerprint density at radius 1 is 1.33 bits per heavy atom. The molecule has 0 aliphatic heterocycles. The second-order valence-corrected chi connectivity index (χ2v) is 7.29. The van der Waals surface area contributed by atoms with E-state index in [4.69, 9.17) is 4.74 Å².